The maximum Gasteiger partial charge on any atom is 0.315 e. The van der Waals surface area contributed by atoms with E-state index in [1.165, 1.54) is 0 Å². The van der Waals surface area contributed by atoms with Crippen LogP contribution in [0.15, 0.2) is 60.9 Å². The first kappa shape index (κ1) is 18.1. The molecule has 1 aromatic heterocycles. The van der Waals surface area contributed by atoms with Crippen LogP contribution >= 0.6 is 0 Å². The summed E-state index contributed by atoms with van der Waals surface area (Å²) in [4.78, 5) is 16.9. The van der Waals surface area contributed by atoms with Crippen molar-refractivity contribution in [3.05, 3.63) is 66.5 Å². The monoisotopic (exact) mass is 394 g/mol. The fourth-order valence-electron chi connectivity index (χ4n) is 4.07. The van der Waals surface area contributed by atoms with Gasteiger partial charge in [-0.25, -0.2) is 9.78 Å². The van der Waals surface area contributed by atoms with Crippen LogP contribution in [0.1, 0.15) is 11.6 Å². The average Bonchev–Trinajstić information content (AvgIpc) is 3.37. The zero-order valence-corrected chi connectivity index (χ0v) is 15.6. The summed E-state index contributed by atoms with van der Waals surface area (Å²) in [6.07, 6.45) is -0.195. The van der Waals surface area contributed by atoms with Crippen LogP contribution in [-0.2, 0) is 16.0 Å². The lowest BCUT2D eigenvalue weighted by atomic mass is 9.96. The topological polar surface area (TPSA) is 97.6 Å². The molecule has 2 aromatic carbocycles. The number of carbonyl (C=O) groups is 1. The Hall–Kier alpha value is -2.94. The molecule has 5 rings (SSSR count). The fourth-order valence-corrected chi connectivity index (χ4v) is 4.07. The van der Waals surface area contributed by atoms with Gasteiger partial charge in [-0.05, 0) is 17.7 Å². The van der Waals surface area contributed by atoms with E-state index in [9.17, 15) is 9.90 Å². The van der Waals surface area contributed by atoms with Crippen molar-refractivity contribution in [3.63, 3.8) is 0 Å². The standard InChI is InChI=1S/C21H22N4O4/c26-19-17(24-21(27)22-10-13-6-2-1-3-7-13)16-11-28-20(29-16)18(19)25-12-23-14-8-4-5-9-15(14)25/h1-9,12,16-20,26H,10-11H2,(H2,22,24,27)/t16-,17-,18-,19+,20-/m1/s1. The number of aliphatic hydroxyl groups excluding tert-OH is 1. The Morgan fingerprint density at radius 2 is 1.97 bits per heavy atom. The van der Waals surface area contributed by atoms with Crippen LogP contribution in [0, 0.1) is 0 Å². The van der Waals surface area contributed by atoms with Gasteiger partial charge in [0.2, 0.25) is 0 Å². The van der Waals surface area contributed by atoms with Crippen molar-refractivity contribution in [1.29, 1.82) is 0 Å². The van der Waals surface area contributed by atoms with Gasteiger partial charge in [0, 0.05) is 6.54 Å². The molecule has 29 heavy (non-hydrogen) atoms. The summed E-state index contributed by atoms with van der Waals surface area (Å²) in [6, 6.07) is 15.8. The molecule has 8 nitrogen and oxygen atoms in total. The number of para-hydroxylation sites is 2. The van der Waals surface area contributed by atoms with E-state index in [1.54, 1.807) is 6.33 Å². The van der Waals surface area contributed by atoms with Crippen LogP contribution in [0.25, 0.3) is 11.0 Å². The van der Waals surface area contributed by atoms with Gasteiger partial charge in [-0.15, -0.1) is 0 Å². The molecule has 2 bridgehead atoms. The molecular formula is C21H22N4O4. The number of carbonyl (C=O) groups excluding carboxylic acids is 1. The molecular weight excluding hydrogens is 372 g/mol. The first-order valence-electron chi connectivity index (χ1n) is 9.66. The van der Waals surface area contributed by atoms with E-state index in [-0.39, 0.29) is 6.03 Å². The first-order chi connectivity index (χ1) is 14.2. The Labute approximate surface area is 167 Å². The highest BCUT2D eigenvalue weighted by Gasteiger charge is 2.51. The maximum atomic E-state index is 12.5. The van der Waals surface area contributed by atoms with Gasteiger partial charge >= 0.3 is 6.03 Å². The summed E-state index contributed by atoms with van der Waals surface area (Å²) in [5.41, 5.74) is 2.70. The Balaban J connectivity index is 1.33. The molecule has 3 heterocycles. The van der Waals surface area contributed by atoms with E-state index in [0.29, 0.717) is 13.2 Å². The summed E-state index contributed by atoms with van der Waals surface area (Å²) in [6.45, 7) is 0.713. The molecule has 2 fully saturated rings. The maximum absolute atomic E-state index is 12.5. The molecule has 5 atom stereocenters. The van der Waals surface area contributed by atoms with Crippen molar-refractivity contribution in [1.82, 2.24) is 20.2 Å². The summed E-state index contributed by atoms with van der Waals surface area (Å²) >= 11 is 0. The molecule has 0 aliphatic carbocycles. The number of imidazole rings is 1. The van der Waals surface area contributed by atoms with Crippen LogP contribution in [0.3, 0.4) is 0 Å². The van der Waals surface area contributed by atoms with E-state index in [2.05, 4.69) is 15.6 Å². The van der Waals surface area contributed by atoms with Crippen LogP contribution in [0.2, 0.25) is 0 Å². The number of hydrogen-bond acceptors (Lipinski definition) is 5. The molecule has 0 spiro atoms. The van der Waals surface area contributed by atoms with E-state index in [4.69, 9.17) is 9.47 Å². The molecule has 2 aliphatic rings. The number of nitrogens with one attached hydrogen (secondary N) is 2. The first-order valence-corrected chi connectivity index (χ1v) is 9.66. The molecule has 2 amide bonds. The number of aromatic nitrogens is 2. The number of benzene rings is 2. The second kappa shape index (κ2) is 7.47. The summed E-state index contributed by atoms with van der Waals surface area (Å²) < 4.78 is 13.6. The Kier molecular flexibility index (Phi) is 4.67. The van der Waals surface area contributed by atoms with E-state index < -0.39 is 30.6 Å². The highest BCUT2D eigenvalue weighted by Crippen LogP contribution is 2.37. The lowest BCUT2D eigenvalue weighted by Crippen LogP contribution is -2.60. The number of nitrogens with zero attached hydrogens (tertiary/aromatic N) is 2. The molecule has 2 aliphatic heterocycles. The van der Waals surface area contributed by atoms with Gasteiger partial charge in [0.05, 0.1) is 30.0 Å². The van der Waals surface area contributed by atoms with Gasteiger partial charge in [0.15, 0.2) is 6.29 Å². The molecule has 150 valence electrons. The quantitative estimate of drug-likeness (QED) is 0.624. The van der Waals surface area contributed by atoms with Crippen molar-refractivity contribution < 1.29 is 19.4 Å². The molecule has 2 saturated heterocycles. The zero-order chi connectivity index (χ0) is 19.8. The molecule has 0 saturated carbocycles. The van der Waals surface area contributed by atoms with Crippen molar-refractivity contribution >= 4 is 17.1 Å². The third kappa shape index (κ3) is 3.35. The van der Waals surface area contributed by atoms with Crippen molar-refractivity contribution in [2.24, 2.45) is 0 Å². The Morgan fingerprint density at radius 3 is 2.83 bits per heavy atom. The van der Waals surface area contributed by atoms with Crippen LogP contribution in [-0.4, -0.2) is 51.8 Å². The fraction of sp³-hybridized carbons (Fsp3) is 0.333. The van der Waals surface area contributed by atoms with Gasteiger partial charge in [-0.1, -0.05) is 42.5 Å². The minimum atomic E-state index is -0.888. The van der Waals surface area contributed by atoms with E-state index >= 15 is 0 Å². The van der Waals surface area contributed by atoms with Crippen LogP contribution in [0.5, 0.6) is 0 Å². The van der Waals surface area contributed by atoms with Gasteiger partial charge in [-0.2, -0.15) is 0 Å². The number of ether oxygens (including phenoxy) is 2. The SMILES string of the molecule is O=C(NCc1ccccc1)N[C@H]1[C@H](O)[C@@H](n2cnc3ccccc32)[C@@H]2OC[C@H]1O2. The number of fused-ring (bicyclic) bond motifs is 3. The third-order valence-electron chi connectivity index (χ3n) is 5.53. The van der Waals surface area contributed by atoms with Crippen molar-refractivity contribution in [2.75, 3.05) is 6.61 Å². The lowest BCUT2D eigenvalue weighted by Gasteiger charge is -2.39. The summed E-state index contributed by atoms with van der Waals surface area (Å²) in [5.74, 6) is 0. The van der Waals surface area contributed by atoms with Crippen molar-refractivity contribution in [3.8, 4) is 0 Å². The van der Waals surface area contributed by atoms with Gasteiger partial charge < -0.3 is 29.8 Å². The Morgan fingerprint density at radius 1 is 1.17 bits per heavy atom. The second-order valence-corrected chi connectivity index (χ2v) is 7.34. The highest BCUT2D eigenvalue weighted by molar-refractivity contribution is 5.75. The largest absolute Gasteiger partial charge is 0.388 e. The van der Waals surface area contributed by atoms with E-state index in [0.717, 1.165) is 16.6 Å². The average molecular weight is 394 g/mol. The van der Waals surface area contributed by atoms with Gasteiger partial charge in [0.1, 0.15) is 18.2 Å². The smallest absolute Gasteiger partial charge is 0.315 e. The predicted octanol–water partition coefficient (Wildman–Crippen LogP) is 1.56. The van der Waals surface area contributed by atoms with E-state index in [1.807, 2.05) is 59.2 Å². The molecule has 3 aromatic rings. The normalized spacial score (nSPS) is 28.4. The number of urea groups is 1. The molecule has 8 heteroatoms. The lowest BCUT2D eigenvalue weighted by molar-refractivity contribution is -0.162. The number of aliphatic hydroxyl groups is 1. The predicted molar refractivity (Wildman–Crippen MR) is 105 cm³/mol. The zero-order valence-electron chi connectivity index (χ0n) is 15.6. The minimum Gasteiger partial charge on any atom is -0.388 e. The van der Waals surface area contributed by atoms with Gasteiger partial charge in [-0.3, -0.25) is 0 Å². The molecule has 0 radical (unpaired) electrons. The third-order valence-corrected chi connectivity index (χ3v) is 5.53. The van der Waals surface area contributed by atoms with Crippen molar-refractivity contribution in [2.45, 2.75) is 37.1 Å². The molecule has 0 unspecified atom stereocenters. The molecule has 3 N–H and O–H groups in total. The Bertz CT molecular complexity index is 1010. The number of hydrogen-bond donors (Lipinski definition) is 3. The number of amides is 2. The number of rotatable bonds is 4. The summed E-state index contributed by atoms with van der Waals surface area (Å²) in [5, 5.41) is 16.8. The highest BCUT2D eigenvalue weighted by atomic mass is 16.7. The van der Waals surface area contributed by atoms with Crippen LogP contribution < -0.4 is 10.6 Å². The minimum absolute atomic E-state index is 0.314. The van der Waals surface area contributed by atoms with Crippen LogP contribution in [0.4, 0.5) is 4.79 Å². The second-order valence-electron chi connectivity index (χ2n) is 7.34. The summed E-state index contributed by atoms with van der Waals surface area (Å²) in [7, 11) is 0. The van der Waals surface area contributed by atoms with Gasteiger partial charge in [0.25, 0.3) is 0 Å².